The number of para-hydroxylation sites is 1. The summed E-state index contributed by atoms with van der Waals surface area (Å²) < 4.78 is 0. The van der Waals surface area contributed by atoms with Crippen LogP contribution < -0.4 is 16.8 Å². The minimum absolute atomic E-state index is 0.270. The van der Waals surface area contributed by atoms with Crippen LogP contribution in [0.2, 0.25) is 0 Å². The number of fused-ring (bicyclic) bond motifs is 1. The van der Waals surface area contributed by atoms with E-state index in [2.05, 4.69) is 10.3 Å². The number of nitrogens with one attached hydrogen (secondary N) is 2. The van der Waals surface area contributed by atoms with Gasteiger partial charge in [-0.25, -0.2) is 0 Å². The monoisotopic (exact) mass is 354 g/mol. The van der Waals surface area contributed by atoms with E-state index in [1.54, 1.807) is 0 Å². The molecule has 2 aromatic carbocycles. The van der Waals surface area contributed by atoms with E-state index >= 15 is 0 Å². The average Bonchev–Trinajstić information content (AvgIpc) is 3.06. The number of hydrogen-bond donors (Lipinski definition) is 6. The molecule has 0 bridgehead atoms. The molecule has 3 rings (SSSR count). The molecule has 6 nitrogen and oxygen atoms in total. The summed E-state index contributed by atoms with van der Waals surface area (Å²) in [6, 6.07) is 17.4. The second kappa shape index (κ2) is 8.44. The Labute approximate surface area is 152 Å². The molecule has 0 aliphatic heterocycles. The van der Waals surface area contributed by atoms with E-state index in [4.69, 9.17) is 11.5 Å². The van der Waals surface area contributed by atoms with Crippen LogP contribution in [0.15, 0.2) is 54.6 Å². The Balaban J connectivity index is 1.87. The van der Waals surface area contributed by atoms with E-state index in [9.17, 15) is 10.2 Å². The van der Waals surface area contributed by atoms with Gasteiger partial charge in [-0.05, 0) is 24.6 Å². The van der Waals surface area contributed by atoms with Crippen molar-refractivity contribution in [1.29, 1.82) is 0 Å². The summed E-state index contributed by atoms with van der Waals surface area (Å²) in [6.45, 7) is 0.642. The SMILES string of the molecule is NCCC(O)[C@@H](N)CNC(O)c1[nH]c2ccccc2c1-c1ccccc1. The predicted octanol–water partition coefficient (Wildman–Crippen LogP) is 1.45. The van der Waals surface area contributed by atoms with Gasteiger partial charge in [0.05, 0.1) is 11.8 Å². The van der Waals surface area contributed by atoms with E-state index in [-0.39, 0.29) is 6.54 Å². The zero-order chi connectivity index (χ0) is 18.5. The maximum absolute atomic E-state index is 10.7. The van der Waals surface area contributed by atoms with Crippen LogP contribution >= 0.6 is 0 Å². The van der Waals surface area contributed by atoms with Gasteiger partial charge in [-0.2, -0.15) is 0 Å². The topological polar surface area (TPSA) is 120 Å². The van der Waals surface area contributed by atoms with Crippen LogP contribution in [-0.4, -0.2) is 40.4 Å². The van der Waals surface area contributed by atoms with E-state index in [1.165, 1.54) is 0 Å². The molecular weight excluding hydrogens is 328 g/mol. The molecule has 0 amide bonds. The summed E-state index contributed by atoms with van der Waals surface area (Å²) in [5, 5.41) is 24.7. The van der Waals surface area contributed by atoms with Gasteiger partial charge in [-0.1, -0.05) is 48.5 Å². The molecule has 1 aromatic heterocycles. The highest BCUT2D eigenvalue weighted by atomic mass is 16.3. The van der Waals surface area contributed by atoms with E-state index in [1.807, 2.05) is 54.6 Å². The largest absolute Gasteiger partial charge is 0.391 e. The molecule has 6 heteroatoms. The van der Waals surface area contributed by atoms with Gasteiger partial charge in [0.1, 0.15) is 6.23 Å². The van der Waals surface area contributed by atoms with Crippen molar-refractivity contribution in [1.82, 2.24) is 10.3 Å². The first-order valence-electron chi connectivity index (χ1n) is 8.83. The molecule has 0 radical (unpaired) electrons. The zero-order valence-corrected chi connectivity index (χ0v) is 14.6. The van der Waals surface area contributed by atoms with E-state index < -0.39 is 18.4 Å². The van der Waals surface area contributed by atoms with Gasteiger partial charge in [0.25, 0.3) is 0 Å². The smallest absolute Gasteiger partial charge is 0.146 e. The van der Waals surface area contributed by atoms with Crippen molar-refractivity contribution in [2.75, 3.05) is 13.1 Å². The highest BCUT2D eigenvalue weighted by molar-refractivity contribution is 5.97. The Bertz CT molecular complexity index is 834. The molecule has 2 unspecified atom stereocenters. The number of benzene rings is 2. The van der Waals surface area contributed by atoms with E-state index in [0.29, 0.717) is 18.7 Å². The minimum atomic E-state index is -0.936. The number of hydrogen-bond acceptors (Lipinski definition) is 5. The first kappa shape index (κ1) is 18.6. The number of aliphatic hydroxyl groups excluding tert-OH is 2. The predicted molar refractivity (Wildman–Crippen MR) is 104 cm³/mol. The molecule has 0 spiro atoms. The van der Waals surface area contributed by atoms with Crippen LogP contribution in [0.5, 0.6) is 0 Å². The fourth-order valence-corrected chi connectivity index (χ4v) is 3.15. The highest BCUT2D eigenvalue weighted by Gasteiger charge is 2.21. The Hall–Kier alpha value is -2.22. The van der Waals surface area contributed by atoms with Crippen LogP contribution in [-0.2, 0) is 0 Å². The molecular formula is C20H26N4O2. The summed E-state index contributed by atoms with van der Waals surface area (Å²) in [6.07, 6.45) is -1.20. The summed E-state index contributed by atoms with van der Waals surface area (Å²) in [5.41, 5.74) is 15.0. The molecule has 0 fully saturated rings. The third-order valence-corrected chi connectivity index (χ3v) is 4.57. The van der Waals surface area contributed by atoms with Crippen LogP contribution in [0.4, 0.5) is 0 Å². The Morgan fingerprint density at radius 3 is 2.42 bits per heavy atom. The molecule has 0 saturated carbocycles. The summed E-state index contributed by atoms with van der Waals surface area (Å²) >= 11 is 0. The second-order valence-corrected chi connectivity index (χ2v) is 6.44. The van der Waals surface area contributed by atoms with Crippen molar-refractivity contribution >= 4 is 10.9 Å². The molecule has 8 N–H and O–H groups in total. The maximum Gasteiger partial charge on any atom is 0.146 e. The van der Waals surface area contributed by atoms with Crippen molar-refractivity contribution in [3.8, 4) is 11.1 Å². The number of rotatable bonds is 8. The number of aromatic nitrogens is 1. The normalized spacial score (nSPS) is 15.1. The van der Waals surface area contributed by atoms with Gasteiger partial charge in [0.2, 0.25) is 0 Å². The molecule has 26 heavy (non-hydrogen) atoms. The molecule has 138 valence electrons. The lowest BCUT2D eigenvalue weighted by Crippen LogP contribution is -2.45. The maximum atomic E-state index is 10.7. The van der Waals surface area contributed by atoms with Crippen molar-refractivity contribution in [2.24, 2.45) is 11.5 Å². The van der Waals surface area contributed by atoms with Crippen LogP contribution in [0.3, 0.4) is 0 Å². The van der Waals surface area contributed by atoms with Gasteiger partial charge in [-0.3, -0.25) is 5.32 Å². The lowest BCUT2D eigenvalue weighted by Gasteiger charge is -2.21. The van der Waals surface area contributed by atoms with Crippen molar-refractivity contribution in [2.45, 2.75) is 24.8 Å². The first-order valence-corrected chi connectivity index (χ1v) is 8.83. The standard InChI is InChI=1S/C20H26N4O2/c21-11-10-17(25)15(22)12-23-20(26)19-18(13-6-2-1-3-7-13)14-8-4-5-9-16(14)24-19/h1-9,15,17,20,23-26H,10-12,21-22H2/t15-,17?,20?/m0/s1. The number of H-pyrrole nitrogens is 1. The lowest BCUT2D eigenvalue weighted by atomic mass is 10.0. The van der Waals surface area contributed by atoms with Gasteiger partial charge in [0, 0.05) is 29.1 Å². The number of nitrogens with two attached hydrogens (primary N) is 2. The quantitative estimate of drug-likeness (QED) is 0.342. The molecule has 0 aliphatic rings. The first-order chi connectivity index (χ1) is 12.6. The fourth-order valence-electron chi connectivity index (χ4n) is 3.15. The lowest BCUT2D eigenvalue weighted by molar-refractivity contribution is 0.104. The number of aliphatic hydroxyl groups is 2. The van der Waals surface area contributed by atoms with E-state index in [0.717, 1.165) is 22.0 Å². The van der Waals surface area contributed by atoms with Gasteiger partial charge < -0.3 is 26.7 Å². The third kappa shape index (κ3) is 3.95. The zero-order valence-electron chi connectivity index (χ0n) is 14.6. The average molecular weight is 354 g/mol. The molecule has 0 saturated heterocycles. The Morgan fingerprint density at radius 1 is 1.00 bits per heavy atom. The van der Waals surface area contributed by atoms with Crippen molar-refractivity contribution in [3.63, 3.8) is 0 Å². The van der Waals surface area contributed by atoms with Crippen LogP contribution in [0.1, 0.15) is 18.3 Å². The molecule has 3 aromatic rings. The molecule has 1 heterocycles. The summed E-state index contributed by atoms with van der Waals surface area (Å²) in [7, 11) is 0. The Morgan fingerprint density at radius 2 is 1.69 bits per heavy atom. The molecule has 0 aliphatic carbocycles. The van der Waals surface area contributed by atoms with Gasteiger partial charge in [-0.15, -0.1) is 0 Å². The summed E-state index contributed by atoms with van der Waals surface area (Å²) in [4.78, 5) is 3.30. The minimum Gasteiger partial charge on any atom is -0.391 e. The summed E-state index contributed by atoms with van der Waals surface area (Å²) in [5.74, 6) is 0. The third-order valence-electron chi connectivity index (χ3n) is 4.57. The van der Waals surface area contributed by atoms with Crippen molar-refractivity contribution < 1.29 is 10.2 Å². The van der Waals surface area contributed by atoms with Crippen LogP contribution in [0.25, 0.3) is 22.0 Å². The highest BCUT2D eigenvalue weighted by Crippen LogP contribution is 2.34. The van der Waals surface area contributed by atoms with Crippen LogP contribution in [0, 0.1) is 0 Å². The van der Waals surface area contributed by atoms with Crippen molar-refractivity contribution in [3.05, 3.63) is 60.3 Å². The fraction of sp³-hybridized carbons (Fsp3) is 0.300. The van der Waals surface area contributed by atoms with Gasteiger partial charge in [0.15, 0.2) is 0 Å². The number of aromatic amines is 1. The van der Waals surface area contributed by atoms with Gasteiger partial charge >= 0.3 is 0 Å². The Kier molecular flexibility index (Phi) is 6.03. The second-order valence-electron chi connectivity index (χ2n) is 6.44. The molecule has 3 atom stereocenters.